The molecule has 2 N–H and O–H groups in total. The molecule has 0 aromatic rings. The maximum absolute atomic E-state index is 11.4. The fourth-order valence-electron chi connectivity index (χ4n) is 1.74. The first-order valence-electron chi connectivity index (χ1n) is 8.04. The molecule has 0 aliphatic carbocycles. The number of carbonyl (C=O) groups is 2. The minimum atomic E-state index is 0.0794. The summed E-state index contributed by atoms with van der Waals surface area (Å²) in [5, 5.41) is 5.78. The molecule has 4 nitrogen and oxygen atoms in total. The Labute approximate surface area is 129 Å². The summed E-state index contributed by atoms with van der Waals surface area (Å²) in [5.74, 6) is 0.159. The lowest BCUT2D eigenvalue weighted by atomic mass is 10.2. The van der Waals surface area contributed by atoms with E-state index in [1.807, 2.05) is 38.2 Å². The van der Waals surface area contributed by atoms with Gasteiger partial charge in [-0.25, -0.2) is 0 Å². The smallest absolute Gasteiger partial charge is 0.223 e. The topological polar surface area (TPSA) is 58.2 Å². The lowest BCUT2D eigenvalue weighted by molar-refractivity contribution is -0.121. The molecular formula is C17H30N2O2. The molecule has 0 spiro atoms. The van der Waals surface area contributed by atoms with Crippen LogP contribution in [0.1, 0.15) is 58.8 Å². The number of nitrogens with one attached hydrogen (secondary N) is 2. The average Bonchev–Trinajstić information content (AvgIpc) is 2.47. The monoisotopic (exact) mass is 294 g/mol. The molecule has 0 aliphatic heterocycles. The molecule has 0 radical (unpaired) electrons. The second-order valence-corrected chi connectivity index (χ2v) is 4.93. The number of carbonyl (C=O) groups excluding carboxylic acids is 2. The van der Waals surface area contributed by atoms with Gasteiger partial charge in [0.1, 0.15) is 0 Å². The maximum atomic E-state index is 11.4. The Hall–Kier alpha value is -1.58. The van der Waals surface area contributed by atoms with Gasteiger partial charge in [0, 0.05) is 25.9 Å². The largest absolute Gasteiger partial charge is 0.356 e. The fraction of sp³-hybridized carbons (Fsp3) is 0.647. The van der Waals surface area contributed by atoms with E-state index in [2.05, 4.69) is 10.6 Å². The van der Waals surface area contributed by atoms with E-state index in [4.69, 9.17) is 0 Å². The van der Waals surface area contributed by atoms with Gasteiger partial charge in [0.25, 0.3) is 0 Å². The van der Waals surface area contributed by atoms with Crippen LogP contribution in [0.4, 0.5) is 0 Å². The van der Waals surface area contributed by atoms with Gasteiger partial charge in [-0.2, -0.15) is 0 Å². The second kappa shape index (κ2) is 14.8. The zero-order valence-corrected chi connectivity index (χ0v) is 13.5. The van der Waals surface area contributed by atoms with Crippen LogP contribution in [0.3, 0.4) is 0 Å². The van der Waals surface area contributed by atoms with Crippen molar-refractivity contribution in [1.82, 2.24) is 10.6 Å². The molecule has 0 aliphatic rings. The minimum Gasteiger partial charge on any atom is -0.356 e. The number of unbranched alkanes of at least 4 members (excludes halogenated alkanes) is 2. The minimum absolute atomic E-state index is 0.0794. The molecule has 0 rings (SSSR count). The quantitative estimate of drug-likeness (QED) is 0.429. The lowest BCUT2D eigenvalue weighted by Crippen LogP contribution is -2.25. The SMILES string of the molecule is CC/C=C\CC(=O)NCCCCCNC(=O)C/C=C\CC. The van der Waals surface area contributed by atoms with Crippen LogP contribution in [-0.4, -0.2) is 24.9 Å². The van der Waals surface area contributed by atoms with E-state index >= 15 is 0 Å². The van der Waals surface area contributed by atoms with Gasteiger partial charge in [-0.05, 0) is 32.1 Å². The zero-order chi connectivity index (χ0) is 15.8. The van der Waals surface area contributed by atoms with Crippen molar-refractivity contribution in [3.05, 3.63) is 24.3 Å². The van der Waals surface area contributed by atoms with E-state index in [0.717, 1.165) is 32.1 Å². The summed E-state index contributed by atoms with van der Waals surface area (Å²) in [6.07, 6.45) is 13.6. The van der Waals surface area contributed by atoms with Gasteiger partial charge in [0.05, 0.1) is 0 Å². The molecule has 4 heteroatoms. The Balaban J connectivity index is 3.36. The lowest BCUT2D eigenvalue weighted by Gasteiger charge is -2.05. The molecule has 0 unspecified atom stereocenters. The fourth-order valence-corrected chi connectivity index (χ4v) is 1.74. The standard InChI is InChI=1S/C17H30N2O2/c1-3-5-8-12-16(20)18-14-10-7-11-15-19-17(21)13-9-6-4-2/h5-6,8-9H,3-4,7,10-15H2,1-2H3,(H,18,20)(H,19,21)/b8-5-,9-6-. The van der Waals surface area contributed by atoms with E-state index in [1.165, 1.54) is 0 Å². The molecule has 0 aromatic heterocycles. The van der Waals surface area contributed by atoms with Crippen molar-refractivity contribution in [2.24, 2.45) is 0 Å². The van der Waals surface area contributed by atoms with Crippen LogP contribution in [0.2, 0.25) is 0 Å². The van der Waals surface area contributed by atoms with Gasteiger partial charge in [-0.1, -0.05) is 38.2 Å². The first-order chi connectivity index (χ1) is 10.2. The van der Waals surface area contributed by atoms with Crippen molar-refractivity contribution < 1.29 is 9.59 Å². The van der Waals surface area contributed by atoms with Gasteiger partial charge in [0.2, 0.25) is 11.8 Å². The molecule has 0 saturated carbocycles. The summed E-state index contributed by atoms with van der Waals surface area (Å²) >= 11 is 0. The summed E-state index contributed by atoms with van der Waals surface area (Å²) in [5.41, 5.74) is 0. The van der Waals surface area contributed by atoms with Gasteiger partial charge >= 0.3 is 0 Å². The molecule has 21 heavy (non-hydrogen) atoms. The van der Waals surface area contributed by atoms with Crippen LogP contribution in [-0.2, 0) is 9.59 Å². The van der Waals surface area contributed by atoms with Gasteiger partial charge < -0.3 is 10.6 Å². The number of amides is 2. The Morgan fingerprint density at radius 1 is 0.714 bits per heavy atom. The van der Waals surface area contributed by atoms with Crippen LogP contribution < -0.4 is 10.6 Å². The third kappa shape index (κ3) is 14.6. The van der Waals surface area contributed by atoms with Gasteiger partial charge in [-0.15, -0.1) is 0 Å². The predicted octanol–water partition coefficient (Wildman–Crippen LogP) is 3.10. The molecular weight excluding hydrogens is 264 g/mol. The third-order valence-electron chi connectivity index (χ3n) is 2.91. The Morgan fingerprint density at radius 3 is 1.52 bits per heavy atom. The second-order valence-electron chi connectivity index (χ2n) is 4.93. The molecule has 2 amide bonds. The van der Waals surface area contributed by atoms with Crippen molar-refractivity contribution in [2.45, 2.75) is 58.8 Å². The molecule has 120 valence electrons. The molecule has 0 heterocycles. The van der Waals surface area contributed by atoms with Crippen molar-refractivity contribution in [3.8, 4) is 0 Å². The van der Waals surface area contributed by atoms with Crippen molar-refractivity contribution >= 4 is 11.8 Å². The summed E-state index contributed by atoms with van der Waals surface area (Å²) in [7, 11) is 0. The van der Waals surface area contributed by atoms with Crippen LogP contribution >= 0.6 is 0 Å². The molecule has 0 aromatic carbocycles. The Morgan fingerprint density at radius 2 is 1.14 bits per heavy atom. The number of hydrogen-bond acceptors (Lipinski definition) is 2. The normalized spacial score (nSPS) is 11.1. The first kappa shape index (κ1) is 19.4. The van der Waals surface area contributed by atoms with Crippen molar-refractivity contribution in [3.63, 3.8) is 0 Å². The van der Waals surface area contributed by atoms with Crippen molar-refractivity contribution in [2.75, 3.05) is 13.1 Å². The number of allylic oxidation sites excluding steroid dienone is 2. The molecule has 0 saturated heterocycles. The maximum Gasteiger partial charge on any atom is 0.223 e. The summed E-state index contributed by atoms with van der Waals surface area (Å²) in [6, 6.07) is 0. The van der Waals surface area contributed by atoms with Gasteiger partial charge in [-0.3, -0.25) is 9.59 Å². The molecule has 0 bridgehead atoms. The van der Waals surface area contributed by atoms with E-state index in [1.54, 1.807) is 0 Å². The predicted molar refractivity (Wildman–Crippen MR) is 88.0 cm³/mol. The van der Waals surface area contributed by atoms with Crippen LogP contribution in [0.5, 0.6) is 0 Å². The van der Waals surface area contributed by atoms with E-state index in [0.29, 0.717) is 25.9 Å². The van der Waals surface area contributed by atoms with E-state index < -0.39 is 0 Å². The van der Waals surface area contributed by atoms with E-state index in [9.17, 15) is 9.59 Å². The zero-order valence-electron chi connectivity index (χ0n) is 13.5. The highest BCUT2D eigenvalue weighted by Crippen LogP contribution is 1.94. The molecule has 0 atom stereocenters. The Kier molecular flexibility index (Phi) is 13.7. The van der Waals surface area contributed by atoms with Crippen LogP contribution in [0.15, 0.2) is 24.3 Å². The summed E-state index contributed by atoms with van der Waals surface area (Å²) in [4.78, 5) is 22.8. The Bertz CT molecular complexity index is 304. The number of rotatable bonds is 12. The van der Waals surface area contributed by atoms with Crippen LogP contribution in [0.25, 0.3) is 0 Å². The average molecular weight is 294 g/mol. The highest BCUT2D eigenvalue weighted by molar-refractivity contribution is 5.77. The van der Waals surface area contributed by atoms with E-state index in [-0.39, 0.29) is 11.8 Å². The first-order valence-corrected chi connectivity index (χ1v) is 8.04. The third-order valence-corrected chi connectivity index (χ3v) is 2.91. The number of hydrogen-bond donors (Lipinski definition) is 2. The highest BCUT2D eigenvalue weighted by Gasteiger charge is 1.98. The van der Waals surface area contributed by atoms with Crippen LogP contribution in [0, 0.1) is 0 Å². The highest BCUT2D eigenvalue weighted by atomic mass is 16.2. The van der Waals surface area contributed by atoms with Crippen molar-refractivity contribution in [1.29, 1.82) is 0 Å². The summed E-state index contributed by atoms with van der Waals surface area (Å²) in [6.45, 7) is 5.53. The molecule has 0 fully saturated rings. The summed E-state index contributed by atoms with van der Waals surface area (Å²) < 4.78 is 0. The van der Waals surface area contributed by atoms with Gasteiger partial charge in [0.15, 0.2) is 0 Å².